The molecule has 1 N–H and O–H groups in total. The van der Waals surface area contributed by atoms with Crippen molar-refractivity contribution in [3.05, 3.63) is 99.5 Å². The summed E-state index contributed by atoms with van der Waals surface area (Å²) in [6.07, 6.45) is 0.210. The first-order valence-corrected chi connectivity index (χ1v) is 14.7. The van der Waals surface area contributed by atoms with Crippen LogP contribution in [0.25, 0.3) is 0 Å². The summed E-state index contributed by atoms with van der Waals surface area (Å²) in [7, 11) is -2.62. The Labute approximate surface area is 240 Å². The Bertz CT molecular complexity index is 1380. The van der Waals surface area contributed by atoms with Gasteiger partial charge in [-0.1, -0.05) is 77.3 Å². The molecule has 3 aromatic carbocycles. The van der Waals surface area contributed by atoms with Crippen LogP contribution in [-0.2, 0) is 32.6 Å². The molecule has 0 heterocycles. The van der Waals surface area contributed by atoms with Crippen LogP contribution in [0, 0.1) is 6.92 Å². The molecule has 0 bridgehead atoms. The minimum atomic E-state index is -3.96. The molecule has 2 amide bonds. The second-order valence-electron chi connectivity index (χ2n) is 9.66. The summed E-state index contributed by atoms with van der Waals surface area (Å²) in [6, 6.07) is 19.6. The second-order valence-corrected chi connectivity index (χ2v) is 12.5. The van der Waals surface area contributed by atoms with Gasteiger partial charge in [0.05, 0.1) is 11.4 Å². The standard InChI is InChI=1S/C29H33Cl2N3O4S/c1-20(2)32-29(36)27(17-22-9-6-5-7-10-22)34(18-24-25(30)11-8-12-26(24)31)28(35)19-33(4)39(37,38)23-15-13-21(3)14-16-23/h5-16,20,27H,17-19H2,1-4H3,(H,32,36). The SMILES string of the molecule is Cc1ccc(S(=O)(=O)N(C)CC(=O)N(Cc2c(Cl)cccc2Cl)C(Cc2ccccc2)C(=O)NC(C)C)cc1. The summed E-state index contributed by atoms with van der Waals surface area (Å²) in [4.78, 5) is 28.8. The van der Waals surface area contributed by atoms with Gasteiger partial charge in [-0.2, -0.15) is 4.31 Å². The van der Waals surface area contributed by atoms with Gasteiger partial charge in [-0.15, -0.1) is 0 Å². The first-order valence-electron chi connectivity index (χ1n) is 12.5. The molecule has 0 radical (unpaired) electrons. The lowest BCUT2D eigenvalue weighted by Gasteiger charge is -2.33. The second kappa shape index (κ2) is 13.4. The maximum absolute atomic E-state index is 13.9. The Hall–Kier alpha value is -2.91. The predicted molar refractivity (Wildman–Crippen MR) is 155 cm³/mol. The van der Waals surface area contributed by atoms with Crippen LogP contribution >= 0.6 is 23.2 Å². The van der Waals surface area contributed by atoms with E-state index in [1.807, 2.05) is 51.1 Å². The largest absolute Gasteiger partial charge is 0.352 e. The normalized spacial score (nSPS) is 12.4. The molecule has 3 aromatic rings. The lowest BCUT2D eigenvalue weighted by atomic mass is 10.0. The highest BCUT2D eigenvalue weighted by atomic mass is 35.5. The molecule has 0 saturated heterocycles. The van der Waals surface area contributed by atoms with Crippen molar-refractivity contribution < 1.29 is 18.0 Å². The van der Waals surface area contributed by atoms with Gasteiger partial charge >= 0.3 is 0 Å². The lowest BCUT2D eigenvalue weighted by Crippen LogP contribution is -2.54. The number of carbonyl (C=O) groups excluding carboxylic acids is 2. The maximum atomic E-state index is 13.9. The third-order valence-corrected chi connectivity index (χ3v) is 8.71. The highest BCUT2D eigenvalue weighted by Crippen LogP contribution is 2.27. The molecule has 10 heteroatoms. The van der Waals surface area contributed by atoms with E-state index in [-0.39, 0.29) is 29.8 Å². The van der Waals surface area contributed by atoms with Crippen molar-refractivity contribution in [3.63, 3.8) is 0 Å². The quantitative estimate of drug-likeness (QED) is 0.337. The van der Waals surface area contributed by atoms with Gasteiger partial charge in [0.1, 0.15) is 6.04 Å². The molecule has 0 spiro atoms. The molecule has 208 valence electrons. The average molecular weight is 591 g/mol. The molecule has 0 aromatic heterocycles. The molecule has 0 saturated carbocycles. The van der Waals surface area contributed by atoms with E-state index in [4.69, 9.17) is 23.2 Å². The monoisotopic (exact) mass is 589 g/mol. The molecule has 0 aliphatic rings. The van der Waals surface area contributed by atoms with E-state index in [0.717, 1.165) is 15.4 Å². The summed E-state index contributed by atoms with van der Waals surface area (Å²) < 4.78 is 27.5. The number of nitrogens with zero attached hydrogens (tertiary/aromatic N) is 2. The van der Waals surface area contributed by atoms with E-state index < -0.39 is 28.5 Å². The summed E-state index contributed by atoms with van der Waals surface area (Å²) in [5.74, 6) is -0.932. The molecule has 7 nitrogen and oxygen atoms in total. The fourth-order valence-electron chi connectivity index (χ4n) is 4.04. The van der Waals surface area contributed by atoms with Crippen molar-refractivity contribution >= 4 is 45.0 Å². The van der Waals surface area contributed by atoms with E-state index in [1.54, 1.807) is 30.3 Å². The van der Waals surface area contributed by atoms with Crippen molar-refractivity contribution in [3.8, 4) is 0 Å². The van der Waals surface area contributed by atoms with Crippen molar-refractivity contribution in [2.24, 2.45) is 0 Å². The van der Waals surface area contributed by atoms with E-state index >= 15 is 0 Å². The lowest BCUT2D eigenvalue weighted by molar-refractivity contribution is -0.141. The number of hydrogen-bond donors (Lipinski definition) is 1. The Morgan fingerprint density at radius 1 is 0.897 bits per heavy atom. The number of benzene rings is 3. The number of aryl methyl sites for hydroxylation is 1. The van der Waals surface area contributed by atoms with Crippen LogP contribution < -0.4 is 5.32 Å². The topological polar surface area (TPSA) is 86.8 Å². The predicted octanol–water partition coefficient (Wildman–Crippen LogP) is 5.09. The van der Waals surface area contributed by atoms with Gasteiger partial charge in [0, 0.05) is 41.7 Å². The van der Waals surface area contributed by atoms with Crippen LogP contribution in [0.1, 0.15) is 30.5 Å². The summed E-state index contributed by atoms with van der Waals surface area (Å²) >= 11 is 12.9. The number of rotatable bonds is 11. The summed E-state index contributed by atoms with van der Waals surface area (Å²) in [5, 5.41) is 3.57. The smallest absolute Gasteiger partial charge is 0.243 e. The zero-order valence-electron chi connectivity index (χ0n) is 22.4. The zero-order chi connectivity index (χ0) is 28.7. The van der Waals surface area contributed by atoms with Crippen molar-refractivity contribution in [1.29, 1.82) is 0 Å². The van der Waals surface area contributed by atoms with Crippen LogP contribution in [0.3, 0.4) is 0 Å². The molecule has 0 aliphatic carbocycles. The van der Waals surface area contributed by atoms with E-state index in [9.17, 15) is 18.0 Å². The minimum absolute atomic E-state index is 0.0717. The number of carbonyl (C=O) groups is 2. The van der Waals surface area contributed by atoms with Gasteiger partial charge in [0.15, 0.2) is 0 Å². The van der Waals surface area contributed by atoms with Crippen LogP contribution in [0.2, 0.25) is 10.0 Å². The zero-order valence-corrected chi connectivity index (χ0v) is 24.7. The third kappa shape index (κ3) is 8.05. The van der Waals surface area contributed by atoms with Crippen LogP contribution in [0.15, 0.2) is 77.7 Å². The minimum Gasteiger partial charge on any atom is -0.352 e. The van der Waals surface area contributed by atoms with Gasteiger partial charge in [0.25, 0.3) is 0 Å². The van der Waals surface area contributed by atoms with Gasteiger partial charge in [-0.05, 0) is 50.6 Å². The van der Waals surface area contributed by atoms with Crippen molar-refractivity contribution in [1.82, 2.24) is 14.5 Å². The molecule has 1 unspecified atom stereocenters. The van der Waals surface area contributed by atoms with Crippen molar-refractivity contribution in [2.45, 2.75) is 50.7 Å². The summed E-state index contributed by atoms with van der Waals surface area (Å²) in [5.41, 5.74) is 2.22. The Morgan fingerprint density at radius 3 is 2.05 bits per heavy atom. The average Bonchev–Trinajstić information content (AvgIpc) is 2.88. The molecule has 3 rings (SSSR count). The Kier molecular flexibility index (Phi) is 10.6. The van der Waals surface area contributed by atoms with Crippen molar-refractivity contribution in [2.75, 3.05) is 13.6 Å². The Balaban J connectivity index is 2.02. The Morgan fingerprint density at radius 2 is 1.49 bits per heavy atom. The molecule has 1 atom stereocenters. The maximum Gasteiger partial charge on any atom is 0.243 e. The van der Waals surface area contributed by atoms with Gasteiger partial charge in [-0.25, -0.2) is 8.42 Å². The van der Waals surface area contributed by atoms with Crippen LogP contribution in [-0.4, -0.2) is 55.1 Å². The fraction of sp³-hybridized carbons (Fsp3) is 0.310. The number of hydrogen-bond acceptors (Lipinski definition) is 4. The molecular formula is C29H33Cl2N3O4S. The fourth-order valence-corrected chi connectivity index (χ4v) is 5.68. The van der Waals surface area contributed by atoms with Gasteiger partial charge < -0.3 is 10.2 Å². The van der Waals surface area contributed by atoms with Gasteiger partial charge in [-0.3, -0.25) is 9.59 Å². The highest BCUT2D eigenvalue weighted by molar-refractivity contribution is 7.89. The van der Waals surface area contributed by atoms with Gasteiger partial charge in [0.2, 0.25) is 21.8 Å². The summed E-state index contributed by atoms with van der Waals surface area (Å²) in [6.45, 7) is 4.95. The van der Waals surface area contributed by atoms with E-state index in [0.29, 0.717) is 15.6 Å². The number of sulfonamides is 1. The molecular weight excluding hydrogens is 557 g/mol. The number of nitrogens with one attached hydrogen (secondary N) is 1. The van der Waals surface area contributed by atoms with Crippen LogP contribution in [0.4, 0.5) is 0 Å². The first kappa shape index (κ1) is 30.6. The number of amides is 2. The molecule has 39 heavy (non-hydrogen) atoms. The third-order valence-electron chi connectivity index (χ3n) is 6.18. The molecule has 0 fully saturated rings. The van der Waals surface area contributed by atoms with E-state index in [1.165, 1.54) is 24.1 Å². The first-order chi connectivity index (χ1) is 18.4. The van der Waals surface area contributed by atoms with E-state index in [2.05, 4.69) is 5.32 Å². The number of halogens is 2. The highest BCUT2D eigenvalue weighted by Gasteiger charge is 2.34. The van der Waals surface area contributed by atoms with Crippen LogP contribution in [0.5, 0.6) is 0 Å². The molecule has 0 aliphatic heterocycles. The number of likely N-dealkylation sites (N-methyl/N-ethyl adjacent to an activating group) is 1.